The Balaban J connectivity index is 2.37. The Morgan fingerprint density at radius 3 is 2.76 bits per heavy atom. The topological polar surface area (TPSA) is 102 Å². The minimum Gasteiger partial charge on any atom is -0.480 e. The van der Waals surface area contributed by atoms with Gasteiger partial charge in [0.05, 0.1) is 10.6 Å². The minimum atomic E-state index is -1.33. The number of aromatic nitrogens is 2. The maximum Gasteiger partial charge on any atom is 0.330 e. The number of carboxylic acids is 1. The minimum absolute atomic E-state index is 0.141. The van der Waals surface area contributed by atoms with Crippen LogP contribution in [0.1, 0.15) is 11.9 Å². The predicted octanol–water partition coefficient (Wildman–Crippen LogP) is 1.47. The number of hydrogen-bond donors (Lipinski definition) is 2. The number of carbonyl (C=O) groups is 1. The van der Waals surface area contributed by atoms with E-state index >= 15 is 0 Å². The van der Waals surface area contributed by atoms with E-state index in [0.717, 1.165) is 0 Å². The van der Waals surface area contributed by atoms with Crippen LogP contribution in [-0.2, 0) is 4.79 Å². The van der Waals surface area contributed by atoms with Crippen molar-refractivity contribution in [3.05, 3.63) is 35.2 Å². The molecule has 1 atom stereocenters. The van der Waals surface area contributed by atoms with E-state index in [-0.39, 0.29) is 11.8 Å². The quantitative estimate of drug-likeness (QED) is 0.859. The first-order chi connectivity index (χ1) is 8.09. The number of benzene rings is 1. The van der Waals surface area contributed by atoms with Gasteiger partial charge in [-0.3, -0.25) is 0 Å². The molecule has 0 spiro atoms. The van der Waals surface area contributed by atoms with Crippen molar-refractivity contribution in [2.75, 3.05) is 0 Å². The fourth-order valence-electron chi connectivity index (χ4n) is 1.21. The number of halogens is 1. The molecular formula is C10H8ClN3O3. The van der Waals surface area contributed by atoms with Gasteiger partial charge < -0.3 is 15.3 Å². The number of rotatable bonds is 3. The van der Waals surface area contributed by atoms with Crippen LogP contribution in [0.3, 0.4) is 0 Å². The number of nitrogens with zero attached hydrogens (tertiary/aromatic N) is 2. The van der Waals surface area contributed by atoms with Crippen molar-refractivity contribution in [2.24, 2.45) is 5.73 Å². The van der Waals surface area contributed by atoms with Crippen LogP contribution >= 0.6 is 11.6 Å². The summed E-state index contributed by atoms with van der Waals surface area (Å²) in [5.74, 6) is -1.26. The largest absolute Gasteiger partial charge is 0.480 e. The van der Waals surface area contributed by atoms with Crippen molar-refractivity contribution in [1.82, 2.24) is 10.2 Å². The van der Waals surface area contributed by atoms with Gasteiger partial charge >= 0.3 is 5.97 Å². The van der Waals surface area contributed by atoms with Crippen molar-refractivity contribution in [3.8, 4) is 11.5 Å². The lowest BCUT2D eigenvalue weighted by Gasteiger charge is -1.99. The third kappa shape index (κ3) is 2.27. The monoisotopic (exact) mass is 253 g/mol. The first-order valence-electron chi connectivity index (χ1n) is 4.66. The average molecular weight is 254 g/mol. The SMILES string of the molecule is NC(C(=O)O)c1nnc(-c2ccccc2Cl)o1. The summed E-state index contributed by atoms with van der Waals surface area (Å²) in [4.78, 5) is 10.6. The van der Waals surface area contributed by atoms with Crippen LogP contribution in [0.15, 0.2) is 28.7 Å². The molecule has 0 aliphatic rings. The van der Waals surface area contributed by atoms with E-state index in [0.29, 0.717) is 10.6 Å². The molecule has 0 aliphatic carbocycles. The standard InChI is InChI=1S/C10H8ClN3O3/c11-6-4-2-1-3-5(6)8-13-14-9(17-8)7(12)10(15)16/h1-4,7H,12H2,(H,15,16). The molecule has 88 valence electrons. The Morgan fingerprint density at radius 2 is 2.12 bits per heavy atom. The molecule has 0 bridgehead atoms. The highest BCUT2D eigenvalue weighted by molar-refractivity contribution is 6.33. The number of hydrogen-bond acceptors (Lipinski definition) is 5. The summed E-state index contributed by atoms with van der Waals surface area (Å²) in [5.41, 5.74) is 5.87. The summed E-state index contributed by atoms with van der Waals surface area (Å²) in [6.07, 6.45) is 0. The maximum absolute atomic E-state index is 10.6. The fraction of sp³-hybridized carbons (Fsp3) is 0.100. The van der Waals surface area contributed by atoms with Crippen molar-refractivity contribution in [3.63, 3.8) is 0 Å². The molecular weight excluding hydrogens is 246 g/mol. The zero-order valence-corrected chi connectivity index (χ0v) is 9.26. The van der Waals surface area contributed by atoms with Crippen molar-refractivity contribution in [1.29, 1.82) is 0 Å². The molecule has 1 aromatic carbocycles. The normalized spacial score (nSPS) is 12.4. The zero-order chi connectivity index (χ0) is 12.4. The molecule has 2 aromatic rings. The van der Waals surface area contributed by atoms with E-state index in [1.807, 2.05) is 0 Å². The molecule has 17 heavy (non-hydrogen) atoms. The molecule has 3 N–H and O–H groups in total. The van der Waals surface area contributed by atoms with Gasteiger partial charge in [0.1, 0.15) is 0 Å². The Kier molecular flexibility index (Phi) is 3.08. The molecule has 0 radical (unpaired) electrons. The lowest BCUT2D eigenvalue weighted by molar-refractivity contribution is -0.139. The van der Waals surface area contributed by atoms with Gasteiger partial charge in [-0.05, 0) is 12.1 Å². The average Bonchev–Trinajstić information content (AvgIpc) is 2.77. The number of aliphatic carboxylic acids is 1. The molecule has 2 rings (SSSR count). The van der Waals surface area contributed by atoms with Crippen LogP contribution < -0.4 is 5.73 Å². The van der Waals surface area contributed by atoms with Crippen LogP contribution in [-0.4, -0.2) is 21.3 Å². The van der Waals surface area contributed by atoms with Gasteiger partial charge in [-0.25, -0.2) is 4.79 Å². The van der Waals surface area contributed by atoms with Gasteiger partial charge in [0.15, 0.2) is 6.04 Å². The third-order valence-electron chi connectivity index (χ3n) is 2.08. The Bertz CT molecular complexity index is 555. The zero-order valence-electron chi connectivity index (χ0n) is 8.50. The molecule has 0 saturated carbocycles. The molecule has 6 nitrogen and oxygen atoms in total. The first-order valence-corrected chi connectivity index (χ1v) is 5.04. The lowest BCUT2D eigenvalue weighted by Crippen LogP contribution is -2.20. The predicted molar refractivity (Wildman–Crippen MR) is 59.3 cm³/mol. The highest BCUT2D eigenvalue weighted by Gasteiger charge is 2.22. The van der Waals surface area contributed by atoms with Crippen molar-refractivity contribution >= 4 is 17.6 Å². The van der Waals surface area contributed by atoms with Gasteiger partial charge in [-0.2, -0.15) is 0 Å². The van der Waals surface area contributed by atoms with E-state index in [1.54, 1.807) is 24.3 Å². The van der Waals surface area contributed by atoms with E-state index < -0.39 is 12.0 Å². The van der Waals surface area contributed by atoms with Gasteiger partial charge in [0.25, 0.3) is 0 Å². The second kappa shape index (κ2) is 4.52. The molecule has 7 heteroatoms. The Hall–Kier alpha value is -1.92. The van der Waals surface area contributed by atoms with E-state index in [4.69, 9.17) is 26.9 Å². The van der Waals surface area contributed by atoms with E-state index in [2.05, 4.69) is 10.2 Å². The molecule has 0 aliphatic heterocycles. The third-order valence-corrected chi connectivity index (χ3v) is 2.41. The summed E-state index contributed by atoms with van der Waals surface area (Å²) in [7, 11) is 0. The van der Waals surface area contributed by atoms with Crippen LogP contribution in [0.4, 0.5) is 0 Å². The summed E-state index contributed by atoms with van der Waals surface area (Å²) >= 11 is 5.93. The van der Waals surface area contributed by atoms with Crippen LogP contribution in [0.2, 0.25) is 5.02 Å². The van der Waals surface area contributed by atoms with Crippen molar-refractivity contribution in [2.45, 2.75) is 6.04 Å². The highest BCUT2D eigenvalue weighted by Crippen LogP contribution is 2.27. The molecule has 1 heterocycles. The lowest BCUT2D eigenvalue weighted by atomic mass is 10.2. The summed E-state index contributed by atoms with van der Waals surface area (Å²) < 4.78 is 5.16. The van der Waals surface area contributed by atoms with Gasteiger partial charge in [0, 0.05) is 0 Å². The first kappa shape index (κ1) is 11.6. The van der Waals surface area contributed by atoms with E-state index in [9.17, 15) is 4.79 Å². The van der Waals surface area contributed by atoms with Crippen LogP contribution in [0.5, 0.6) is 0 Å². The highest BCUT2D eigenvalue weighted by atomic mass is 35.5. The Morgan fingerprint density at radius 1 is 1.41 bits per heavy atom. The molecule has 0 saturated heterocycles. The van der Waals surface area contributed by atoms with Crippen molar-refractivity contribution < 1.29 is 14.3 Å². The fourth-order valence-corrected chi connectivity index (χ4v) is 1.43. The smallest absolute Gasteiger partial charge is 0.330 e. The number of nitrogens with two attached hydrogens (primary N) is 1. The summed E-state index contributed by atoms with van der Waals surface area (Å²) in [6.45, 7) is 0. The van der Waals surface area contributed by atoms with Crippen LogP contribution in [0, 0.1) is 0 Å². The van der Waals surface area contributed by atoms with Gasteiger partial charge in [-0.1, -0.05) is 23.7 Å². The molecule has 0 fully saturated rings. The van der Waals surface area contributed by atoms with Gasteiger partial charge in [-0.15, -0.1) is 10.2 Å². The second-order valence-corrected chi connectivity index (χ2v) is 3.65. The molecule has 1 aromatic heterocycles. The van der Waals surface area contributed by atoms with E-state index in [1.165, 1.54) is 0 Å². The molecule has 1 unspecified atom stereocenters. The summed E-state index contributed by atoms with van der Waals surface area (Å²) in [5, 5.41) is 16.4. The maximum atomic E-state index is 10.6. The molecule has 0 amide bonds. The number of carboxylic acid groups (broad SMARTS) is 1. The van der Waals surface area contributed by atoms with Crippen LogP contribution in [0.25, 0.3) is 11.5 Å². The van der Waals surface area contributed by atoms with Gasteiger partial charge in [0.2, 0.25) is 11.8 Å². The second-order valence-electron chi connectivity index (χ2n) is 3.24. The summed E-state index contributed by atoms with van der Waals surface area (Å²) in [6, 6.07) is 5.52. The Labute approximate surface area is 101 Å².